The Balaban J connectivity index is 1.61. The third kappa shape index (κ3) is 4.29. The van der Waals surface area contributed by atoms with E-state index in [-0.39, 0.29) is 25.2 Å². The number of amides is 1. The van der Waals surface area contributed by atoms with Crippen LogP contribution in [0.3, 0.4) is 0 Å². The second-order valence-corrected chi connectivity index (χ2v) is 10.5. The van der Waals surface area contributed by atoms with Gasteiger partial charge in [0.1, 0.15) is 12.4 Å². The van der Waals surface area contributed by atoms with Crippen LogP contribution < -0.4 is 5.32 Å². The molecule has 0 aliphatic carbocycles. The zero-order valence-corrected chi connectivity index (χ0v) is 20.7. The molecule has 9 nitrogen and oxygen atoms in total. The first kappa shape index (κ1) is 25.5. The van der Waals surface area contributed by atoms with Crippen molar-refractivity contribution in [2.45, 2.75) is 64.2 Å². The van der Waals surface area contributed by atoms with Gasteiger partial charge in [-0.15, -0.1) is 0 Å². The van der Waals surface area contributed by atoms with E-state index in [2.05, 4.69) is 15.5 Å². The van der Waals surface area contributed by atoms with Crippen LogP contribution in [0.15, 0.2) is 41.7 Å². The summed E-state index contributed by atoms with van der Waals surface area (Å²) in [5, 5.41) is 18.4. The zero-order valence-electron chi connectivity index (χ0n) is 20.7. The average molecular weight is 500 g/mol. The van der Waals surface area contributed by atoms with Gasteiger partial charge in [0.2, 0.25) is 5.60 Å². The highest BCUT2D eigenvalue weighted by Crippen LogP contribution is 2.41. The van der Waals surface area contributed by atoms with Gasteiger partial charge in [-0.05, 0) is 25.3 Å². The number of aromatic nitrogens is 1. The van der Waals surface area contributed by atoms with Crippen molar-refractivity contribution < 1.29 is 33.5 Å². The minimum Gasteiger partial charge on any atom is -0.481 e. The fraction of sp³-hybridized carbons (Fsp3) is 0.500. The SMILES string of the molecule is CC(C)[C@@]1(C(=O)N[C@H]2CC(=O)O[C@]2(CF)CC(C)(C)C(=O)O)CC(c2nccc3ccccc23)=NO1. The lowest BCUT2D eigenvalue weighted by molar-refractivity contribution is -0.163. The highest BCUT2D eigenvalue weighted by molar-refractivity contribution is 6.11. The molecule has 2 aliphatic heterocycles. The summed E-state index contributed by atoms with van der Waals surface area (Å²) >= 11 is 0. The van der Waals surface area contributed by atoms with E-state index in [1.165, 1.54) is 13.8 Å². The maximum Gasteiger partial charge on any atom is 0.309 e. The smallest absolute Gasteiger partial charge is 0.309 e. The number of aliphatic carboxylic acids is 1. The highest BCUT2D eigenvalue weighted by atomic mass is 19.1. The van der Waals surface area contributed by atoms with Gasteiger partial charge in [0.15, 0.2) is 5.60 Å². The Morgan fingerprint density at radius 3 is 2.67 bits per heavy atom. The van der Waals surface area contributed by atoms with Crippen molar-refractivity contribution in [2.75, 3.05) is 6.67 Å². The Morgan fingerprint density at radius 1 is 1.28 bits per heavy atom. The standard InChI is InChI=1S/C26H30FN3O6/c1-15(2)26(12-18(30-36-26)21-17-8-6-5-7-16(17)9-10-28-21)22(32)29-19-11-20(31)35-25(19,14-27)13-24(3,4)23(33)34/h5-10,15,19H,11-14H2,1-4H3,(H,29,32)(H,33,34)/t19-,25-,26+/m0/s1. The molecule has 36 heavy (non-hydrogen) atoms. The number of carboxylic acid groups (broad SMARTS) is 1. The van der Waals surface area contributed by atoms with Crippen molar-refractivity contribution in [2.24, 2.45) is 16.5 Å². The molecule has 0 unspecified atom stereocenters. The number of ether oxygens (including phenoxy) is 1. The summed E-state index contributed by atoms with van der Waals surface area (Å²) in [5.41, 5.74) is -3.52. The van der Waals surface area contributed by atoms with Crippen LogP contribution in [0, 0.1) is 11.3 Å². The second kappa shape index (κ2) is 9.15. The normalized spacial score (nSPS) is 26.0. The minimum absolute atomic E-state index is 0.113. The van der Waals surface area contributed by atoms with Crippen LogP contribution in [0.1, 0.15) is 52.7 Å². The lowest BCUT2D eigenvalue weighted by Crippen LogP contribution is -2.60. The van der Waals surface area contributed by atoms with Crippen LogP contribution >= 0.6 is 0 Å². The number of carbonyl (C=O) groups excluding carboxylic acids is 2. The van der Waals surface area contributed by atoms with Crippen LogP contribution in [0.5, 0.6) is 0 Å². The predicted molar refractivity (Wildman–Crippen MR) is 129 cm³/mol. The van der Waals surface area contributed by atoms with Crippen molar-refractivity contribution in [1.29, 1.82) is 0 Å². The van der Waals surface area contributed by atoms with Gasteiger partial charge in [-0.25, -0.2) is 4.39 Å². The number of nitrogens with one attached hydrogen (secondary N) is 1. The van der Waals surface area contributed by atoms with Crippen molar-refractivity contribution in [3.05, 3.63) is 42.2 Å². The van der Waals surface area contributed by atoms with Crippen LogP contribution in [-0.4, -0.2) is 57.6 Å². The molecule has 10 heteroatoms. The predicted octanol–water partition coefficient (Wildman–Crippen LogP) is 3.39. The van der Waals surface area contributed by atoms with Gasteiger partial charge >= 0.3 is 11.9 Å². The number of hydrogen-bond acceptors (Lipinski definition) is 7. The number of cyclic esters (lactones) is 1. The van der Waals surface area contributed by atoms with Crippen molar-refractivity contribution in [1.82, 2.24) is 10.3 Å². The van der Waals surface area contributed by atoms with E-state index < -0.39 is 47.2 Å². The molecule has 3 atom stereocenters. The molecule has 1 saturated heterocycles. The van der Waals surface area contributed by atoms with E-state index in [0.29, 0.717) is 11.4 Å². The third-order valence-corrected chi connectivity index (χ3v) is 7.19. The van der Waals surface area contributed by atoms with E-state index in [4.69, 9.17) is 9.57 Å². The van der Waals surface area contributed by atoms with E-state index in [1.807, 2.05) is 30.3 Å². The van der Waals surface area contributed by atoms with Crippen molar-refractivity contribution >= 4 is 34.3 Å². The molecule has 0 spiro atoms. The number of esters is 1. The molecule has 2 aliphatic rings. The Hall–Kier alpha value is -3.56. The van der Waals surface area contributed by atoms with Crippen LogP contribution in [0.25, 0.3) is 10.8 Å². The topological polar surface area (TPSA) is 127 Å². The molecule has 4 rings (SSSR count). The maximum absolute atomic E-state index is 14.4. The number of carboxylic acids is 1. The number of fused-ring (bicyclic) bond motifs is 1. The molecular formula is C26H30FN3O6. The molecule has 3 heterocycles. The first-order valence-corrected chi connectivity index (χ1v) is 11.9. The van der Waals surface area contributed by atoms with E-state index >= 15 is 0 Å². The number of hydrogen-bond donors (Lipinski definition) is 2. The largest absolute Gasteiger partial charge is 0.481 e. The van der Waals surface area contributed by atoms with Gasteiger partial charge in [-0.2, -0.15) is 0 Å². The van der Waals surface area contributed by atoms with Crippen molar-refractivity contribution in [3.63, 3.8) is 0 Å². The van der Waals surface area contributed by atoms with Gasteiger partial charge in [-0.1, -0.05) is 43.3 Å². The lowest BCUT2D eigenvalue weighted by Gasteiger charge is -2.38. The van der Waals surface area contributed by atoms with Gasteiger partial charge in [0, 0.05) is 30.3 Å². The Kier molecular flexibility index (Phi) is 6.49. The van der Waals surface area contributed by atoms with Gasteiger partial charge in [-0.3, -0.25) is 19.4 Å². The minimum atomic E-state index is -1.80. The molecule has 1 amide bonds. The number of halogens is 1. The molecule has 2 N–H and O–H groups in total. The molecule has 192 valence electrons. The van der Waals surface area contributed by atoms with E-state index in [0.717, 1.165) is 10.8 Å². The molecule has 1 aromatic carbocycles. The third-order valence-electron chi connectivity index (χ3n) is 7.19. The first-order valence-electron chi connectivity index (χ1n) is 11.9. The number of rotatable bonds is 8. The highest BCUT2D eigenvalue weighted by Gasteiger charge is 2.57. The first-order chi connectivity index (χ1) is 16.9. The van der Waals surface area contributed by atoms with Gasteiger partial charge in [0.05, 0.1) is 23.6 Å². The summed E-state index contributed by atoms with van der Waals surface area (Å²) in [5.74, 6) is -2.79. The summed E-state index contributed by atoms with van der Waals surface area (Å²) in [6.45, 7) is 5.31. The summed E-state index contributed by atoms with van der Waals surface area (Å²) in [6.07, 6.45) is 1.19. The molecule has 0 saturated carbocycles. The molecule has 1 aromatic heterocycles. The lowest BCUT2D eigenvalue weighted by atomic mass is 9.77. The number of nitrogens with zero attached hydrogens (tertiary/aromatic N) is 2. The van der Waals surface area contributed by atoms with Gasteiger partial charge < -0.3 is 20.0 Å². The quantitative estimate of drug-likeness (QED) is 0.533. The van der Waals surface area contributed by atoms with Crippen molar-refractivity contribution in [3.8, 4) is 0 Å². The molecule has 2 aromatic rings. The molecule has 1 fully saturated rings. The van der Waals surface area contributed by atoms with Crippen LogP contribution in [-0.2, 0) is 24.0 Å². The second-order valence-electron chi connectivity index (χ2n) is 10.5. The fourth-order valence-corrected chi connectivity index (χ4v) is 4.93. The Labute approximate surface area is 208 Å². The summed E-state index contributed by atoms with van der Waals surface area (Å²) in [6, 6.07) is 8.48. The number of oxime groups is 1. The van der Waals surface area contributed by atoms with E-state index in [1.54, 1.807) is 20.0 Å². The average Bonchev–Trinajstić information content (AvgIpc) is 3.41. The number of pyridine rings is 1. The zero-order chi connectivity index (χ0) is 26.3. The number of alkyl halides is 1. The van der Waals surface area contributed by atoms with E-state index in [9.17, 15) is 23.9 Å². The van der Waals surface area contributed by atoms with Crippen LogP contribution in [0.4, 0.5) is 4.39 Å². The Bertz CT molecular complexity index is 1240. The fourth-order valence-electron chi connectivity index (χ4n) is 4.93. The number of carbonyl (C=O) groups is 3. The monoisotopic (exact) mass is 499 g/mol. The molecular weight excluding hydrogens is 469 g/mol. The van der Waals surface area contributed by atoms with Crippen LogP contribution in [0.2, 0.25) is 0 Å². The summed E-state index contributed by atoms with van der Waals surface area (Å²) in [7, 11) is 0. The maximum atomic E-state index is 14.4. The molecule has 0 bridgehead atoms. The number of benzene rings is 1. The summed E-state index contributed by atoms with van der Waals surface area (Å²) < 4.78 is 19.7. The molecule has 0 radical (unpaired) electrons. The Morgan fingerprint density at radius 2 is 2.00 bits per heavy atom. The van der Waals surface area contributed by atoms with Gasteiger partial charge in [0.25, 0.3) is 5.91 Å². The summed E-state index contributed by atoms with van der Waals surface area (Å²) in [4.78, 5) is 47.8.